The van der Waals surface area contributed by atoms with Gasteiger partial charge in [0.05, 0.1) is 0 Å². The molecule has 7 aromatic carbocycles. The van der Waals surface area contributed by atoms with E-state index < -0.39 is 0 Å². The lowest BCUT2D eigenvalue weighted by Gasteiger charge is -2.20. The SMILES string of the molecule is CC(C)(C)c1ccc(-c2ccccc2-c2cc3cccc4c5oc(-c6ccccc6)nc5c5cccc2c5c34)cc1. The van der Waals surface area contributed by atoms with Gasteiger partial charge >= 0.3 is 0 Å². The summed E-state index contributed by atoms with van der Waals surface area (Å²) in [6.07, 6.45) is 0. The van der Waals surface area contributed by atoms with Crippen molar-refractivity contribution in [2.75, 3.05) is 0 Å². The molecular formula is C39H29NO. The van der Waals surface area contributed by atoms with Crippen LogP contribution in [0.1, 0.15) is 26.3 Å². The Hall–Kier alpha value is -4.95. The summed E-state index contributed by atoms with van der Waals surface area (Å²) in [6.45, 7) is 6.78. The molecule has 41 heavy (non-hydrogen) atoms. The predicted octanol–water partition coefficient (Wildman–Crippen LogP) is 11.0. The van der Waals surface area contributed by atoms with E-state index in [1.165, 1.54) is 49.4 Å². The van der Waals surface area contributed by atoms with Crippen LogP contribution < -0.4 is 0 Å². The van der Waals surface area contributed by atoms with Crippen LogP contribution in [0.25, 0.3) is 77.1 Å². The third-order valence-corrected chi connectivity index (χ3v) is 8.43. The molecule has 0 amide bonds. The van der Waals surface area contributed by atoms with E-state index in [0.717, 1.165) is 27.4 Å². The average molecular weight is 528 g/mol. The molecule has 8 rings (SSSR count). The van der Waals surface area contributed by atoms with Crippen molar-refractivity contribution >= 4 is 43.4 Å². The first-order valence-corrected chi connectivity index (χ1v) is 14.2. The summed E-state index contributed by atoms with van der Waals surface area (Å²) in [6, 6.07) is 43.5. The Labute approximate surface area is 239 Å². The number of hydrogen-bond donors (Lipinski definition) is 0. The van der Waals surface area contributed by atoms with E-state index in [4.69, 9.17) is 9.40 Å². The number of oxazole rings is 1. The van der Waals surface area contributed by atoms with Gasteiger partial charge in [0.1, 0.15) is 5.52 Å². The van der Waals surface area contributed by atoms with Crippen molar-refractivity contribution in [3.8, 4) is 33.7 Å². The molecule has 0 aliphatic carbocycles. The maximum absolute atomic E-state index is 6.48. The molecule has 1 aromatic heterocycles. The third kappa shape index (κ3) is 3.68. The first-order valence-electron chi connectivity index (χ1n) is 14.2. The Morgan fingerprint density at radius 1 is 0.537 bits per heavy atom. The number of nitrogens with zero attached hydrogens (tertiary/aromatic N) is 1. The highest BCUT2D eigenvalue weighted by molar-refractivity contribution is 6.34. The van der Waals surface area contributed by atoms with Crippen molar-refractivity contribution in [1.82, 2.24) is 4.98 Å². The number of benzene rings is 7. The van der Waals surface area contributed by atoms with Gasteiger partial charge < -0.3 is 4.42 Å². The second kappa shape index (κ2) is 8.78. The summed E-state index contributed by atoms with van der Waals surface area (Å²) in [4.78, 5) is 5.06. The zero-order chi connectivity index (χ0) is 27.7. The van der Waals surface area contributed by atoms with Crippen LogP contribution >= 0.6 is 0 Å². The zero-order valence-corrected chi connectivity index (χ0v) is 23.4. The van der Waals surface area contributed by atoms with Gasteiger partial charge in [-0.15, -0.1) is 0 Å². The van der Waals surface area contributed by atoms with Gasteiger partial charge in [-0.05, 0) is 62.2 Å². The van der Waals surface area contributed by atoms with Crippen LogP contribution in [0.15, 0.2) is 126 Å². The van der Waals surface area contributed by atoms with Gasteiger partial charge in [0.15, 0.2) is 5.58 Å². The average Bonchev–Trinajstić information content (AvgIpc) is 3.46. The molecule has 0 atom stereocenters. The Balaban J connectivity index is 1.42. The lowest BCUT2D eigenvalue weighted by atomic mass is 9.84. The number of rotatable bonds is 3. The molecule has 0 saturated carbocycles. The predicted molar refractivity (Wildman–Crippen MR) is 173 cm³/mol. The molecule has 0 bridgehead atoms. The number of aromatic nitrogens is 1. The molecule has 1 heterocycles. The van der Waals surface area contributed by atoms with Crippen LogP contribution in [0.3, 0.4) is 0 Å². The van der Waals surface area contributed by atoms with Crippen molar-refractivity contribution in [2.45, 2.75) is 26.2 Å². The molecule has 8 aromatic rings. The van der Waals surface area contributed by atoms with Gasteiger partial charge in [-0.2, -0.15) is 0 Å². The highest BCUT2D eigenvalue weighted by atomic mass is 16.3. The Morgan fingerprint density at radius 3 is 2.00 bits per heavy atom. The van der Waals surface area contributed by atoms with Gasteiger partial charge in [0.2, 0.25) is 5.89 Å². The van der Waals surface area contributed by atoms with Crippen LogP contribution in [0.2, 0.25) is 0 Å². The van der Waals surface area contributed by atoms with Crippen LogP contribution in [0, 0.1) is 0 Å². The van der Waals surface area contributed by atoms with Crippen LogP contribution in [-0.2, 0) is 5.41 Å². The normalized spacial score (nSPS) is 12.3. The lowest BCUT2D eigenvalue weighted by molar-refractivity contribution is 0.590. The summed E-state index contributed by atoms with van der Waals surface area (Å²) in [5.41, 5.74) is 9.14. The fraction of sp³-hybridized carbons (Fsp3) is 0.103. The van der Waals surface area contributed by atoms with E-state index in [-0.39, 0.29) is 5.41 Å². The summed E-state index contributed by atoms with van der Waals surface area (Å²) in [7, 11) is 0. The van der Waals surface area contributed by atoms with Gasteiger partial charge in [-0.3, -0.25) is 0 Å². The fourth-order valence-corrected chi connectivity index (χ4v) is 6.37. The molecular weight excluding hydrogens is 498 g/mol. The second-order valence-corrected chi connectivity index (χ2v) is 12.0. The quantitative estimate of drug-likeness (QED) is 0.214. The molecule has 0 fully saturated rings. The zero-order valence-electron chi connectivity index (χ0n) is 23.4. The minimum Gasteiger partial charge on any atom is -0.435 e. The Bertz CT molecular complexity index is 2210. The van der Waals surface area contributed by atoms with Crippen molar-refractivity contribution < 1.29 is 4.42 Å². The molecule has 0 spiro atoms. The summed E-state index contributed by atoms with van der Waals surface area (Å²) in [5, 5.41) is 7.15. The third-order valence-electron chi connectivity index (χ3n) is 8.43. The van der Waals surface area contributed by atoms with E-state index in [2.05, 4.69) is 124 Å². The highest BCUT2D eigenvalue weighted by Crippen LogP contribution is 2.46. The van der Waals surface area contributed by atoms with E-state index in [1.54, 1.807) is 0 Å². The van der Waals surface area contributed by atoms with Gasteiger partial charge in [-0.25, -0.2) is 4.98 Å². The van der Waals surface area contributed by atoms with Crippen LogP contribution in [0.4, 0.5) is 0 Å². The number of fused-ring (bicyclic) bond motifs is 3. The summed E-state index contributed by atoms with van der Waals surface area (Å²) >= 11 is 0. The van der Waals surface area contributed by atoms with E-state index in [9.17, 15) is 0 Å². The van der Waals surface area contributed by atoms with Gasteiger partial charge in [0, 0.05) is 27.1 Å². The molecule has 2 nitrogen and oxygen atoms in total. The first kappa shape index (κ1) is 23.9. The first-order chi connectivity index (χ1) is 20.0. The molecule has 0 aliphatic heterocycles. The van der Waals surface area contributed by atoms with Gasteiger partial charge in [0.25, 0.3) is 0 Å². The fourth-order valence-electron chi connectivity index (χ4n) is 6.37. The molecule has 0 radical (unpaired) electrons. The van der Waals surface area contributed by atoms with Crippen molar-refractivity contribution in [3.63, 3.8) is 0 Å². The van der Waals surface area contributed by atoms with Crippen molar-refractivity contribution in [2.24, 2.45) is 0 Å². The highest BCUT2D eigenvalue weighted by Gasteiger charge is 2.21. The Morgan fingerprint density at radius 2 is 1.22 bits per heavy atom. The van der Waals surface area contributed by atoms with E-state index in [1.807, 2.05) is 18.2 Å². The Kier molecular flexibility index (Phi) is 5.11. The maximum Gasteiger partial charge on any atom is 0.227 e. The molecule has 196 valence electrons. The van der Waals surface area contributed by atoms with Crippen molar-refractivity contribution in [1.29, 1.82) is 0 Å². The molecule has 0 unspecified atom stereocenters. The molecule has 0 aliphatic rings. The van der Waals surface area contributed by atoms with E-state index >= 15 is 0 Å². The summed E-state index contributed by atoms with van der Waals surface area (Å²) < 4.78 is 6.48. The van der Waals surface area contributed by atoms with Gasteiger partial charge in [-0.1, -0.05) is 124 Å². The lowest BCUT2D eigenvalue weighted by Crippen LogP contribution is -2.10. The smallest absolute Gasteiger partial charge is 0.227 e. The van der Waals surface area contributed by atoms with Crippen LogP contribution in [-0.4, -0.2) is 4.98 Å². The molecule has 0 saturated heterocycles. The standard InChI is InChI=1S/C39H29NO/c1-39(2,3)27-21-19-24(20-22-27)28-14-7-8-15-29(28)33-23-26-13-9-18-32-34(26)35-30(33)16-10-17-31(35)36-37(32)41-38(40-36)25-11-5-4-6-12-25/h4-23H,1-3H3. The summed E-state index contributed by atoms with van der Waals surface area (Å²) in [5.74, 6) is 0.654. The maximum atomic E-state index is 6.48. The largest absolute Gasteiger partial charge is 0.435 e. The molecule has 2 heteroatoms. The topological polar surface area (TPSA) is 26.0 Å². The molecule has 0 N–H and O–H groups in total. The van der Waals surface area contributed by atoms with Crippen LogP contribution in [0.5, 0.6) is 0 Å². The van der Waals surface area contributed by atoms with Crippen molar-refractivity contribution in [3.05, 3.63) is 127 Å². The number of hydrogen-bond acceptors (Lipinski definition) is 2. The minimum absolute atomic E-state index is 0.120. The second-order valence-electron chi connectivity index (χ2n) is 12.0. The minimum atomic E-state index is 0.120. The van der Waals surface area contributed by atoms with E-state index in [0.29, 0.717) is 5.89 Å². The monoisotopic (exact) mass is 527 g/mol.